The third-order valence-corrected chi connectivity index (χ3v) is 3.71. The van der Waals surface area contributed by atoms with E-state index in [4.69, 9.17) is 4.74 Å². The van der Waals surface area contributed by atoms with Crippen molar-refractivity contribution in [3.8, 4) is 5.75 Å². The Bertz CT molecular complexity index is 880. The van der Waals surface area contributed by atoms with Gasteiger partial charge in [-0.2, -0.15) is 0 Å². The van der Waals surface area contributed by atoms with Crippen molar-refractivity contribution >= 4 is 41.1 Å². The number of nitrogens with one attached hydrogen (secondary N) is 2. The molecule has 1 amide bonds. The first-order chi connectivity index (χ1) is 11.0. The summed E-state index contributed by atoms with van der Waals surface area (Å²) in [6, 6.07) is 6.81. The zero-order valence-corrected chi connectivity index (χ0v) is 13.2. The molecule has 1 aromatic heterocycles. The fourth-order valence-corrected chi connectivity index (χ4v) is 2.51. The van der Waals surface area contributed by atoms with Crippen molar-refractivity contribution in [1.82, 2.24) is 4.98 Å². The number of rotatable bonds is 4. The van der Waals surface area contributed by atoms with E-state index >= 15 is 0 Å². The number of benzene rings is 1. The van der Waals surface area contributed by atoms with Gasteiger partial charge in [-0.05, 0) is 24.3 Å². The number of carbonyl (C=O) groups is 2. The minimum absolute atomic E-state index is 0.167. The lowest BCUT2D eigenvalue weighted by atomic mass is 10.3. The Morgan fingerprint density at radius 1 is 1.17 bits per heavy atom. The molecule has 8 heteroatoms. The Labute approximate surface area is 134 Å². The number of esters is 1. The van der Waals surface area contributed by atoms with Crippen LogP contribution in [0.1, 0.15) is 0 Å². The molecule has 2 aromatic rings. The number of hydrogen-bond donors (Lipinski definition) is 2. The van der Waals surface area contributed by atoms with Crippen molar-refractivity contribution in [1.29, 1.82) is 0 Å². The van der Waals surface area contributed by atoms with Crippen LogP contribution in [-0.4, -0.2) is 31.1 Å². The molecule has 0 saturated carbocycles. The number of carbonyl (C=O) groups excluding carboxylic acids is 2. The fourth-order valence-electron chi connectivity index (χ4n) is 1.66. The molecule has 1 aromatic carbocycles. The maximum Gasteiger partial charge on any atom is 0.332 e. The molecule has 120 valence electrons. The fraction of sp³-hybridized carbons (Fsp3) is 0.133. The van der Waals surface area contributed by atoms with Gasteiger partial charge in [0.25, 0.3) is 11.5 Å². The highest BCUT2D eigenvalue weighted by Crippen LogP contribution is 2.14. The van der Waals surface area contributed by atoms with Crippen molar-refractivity contribution in [2.24, 2.45) is 0 Å². The van der Waals surface area contributed by atoms with Crippen LogP contribution in [0, 0.1) is 0 Å². The number of hydrogen-bond acceptors (Lipinski definition) is 6. The van der Waals surface area contributed by atoms with Gasteiger partial charge >= 0.3 is 5.97 Å². The SMILES string of the molecule is COC(=O)/C=c1\s/c(=C/C(=O)Nc2ccc(OC)cc2)[nH]c1=O. The molecule has 0 radical (unpaired) electrons. The molecule has 0 spiro atoms. The molecular weight excluding hydrogens is 320 g/mol. The number of anilines is 1. The largest absolute Gasteiger partial charge is 0.497 e. The van der Waals surface area contributed by atoms with Gasteiger partial charge in [0.15, 0.2) is 0 Å². The second kappa shape index (κ2) is 7.41. The maximum atomic E-state index is 11.9. The molecule has 23 heavy (non-hydrogen) atoms. The van der Waals surface area contributed by atoms with E-state index in [-0.39, 0.29) is 4.53 Å². The number of aromatic amines is 1. The van der Waals surface area contributed by atoms with Crippen molar-refractivity contribution in [3.63, 3.8) is 0 Å². The number of thiazole rings is 1. The van der Waals surface area contributed by atoms with E-state index in [2.05, 4.69) is 15.0 Å². The van der Waals surface area contributed by atoms with Gasteiger partial charge in [0.05, 0.1) is 14.2 Å². The van der Waals surface area contributed by atoms with Crippen molar-refractivity contribution in [3.05, 3.63) is 43.8 Å². The number of ether oxygens (including phenoxy) is 2. The normalized spacial score (nSPS) is 12.1. The summed E-state index contributed by atoms with van der Waals surface area (Å²) < 4.78 is 9.98. The first-order valence-electron chi connectivity index (χ1n) is 6.47. The number of methoxy groups -OCH3 is 2. The van der Waals surface area contributed by atoms with Gasteiger partial charge in [0.2, 0.25) is 0 Å². The zero-order chi connectivity index (χ0) is 16.8. The monoisotopic (exact) mass is 334 g/mol. The Morgan fingerprint density at radius 3 is 2.48 bits per heavy atom. The minimum Gasteiger partial charge on any atom is -0.497 e. The van der Waals surface area contributed by atoms with Gasteiger partial charge in [-0.25, -0.2) is 4.79 Å². The predicted molar refractivity (Wildman–Crippen MR) is 86.8 cm³/mol. The van der Waals surface area contributed by atoms with Gasteiger partial charge in [-0.1, -0.05) is 0 Å². The summed E-state index contributed by atoms with van der Waals surface area (Å²) in [6.45, 7) is 0. The van der Waals surface area contributed by atoms with E-state index in [9.17, 15) is 14.4 Å². The molecule has 0 atom stereocenters. The van der Waals surface area contributed by atoms with Crippen LogP contribution < -0.4 is 24.8 Å². The topological polar surface area (TPSA) is 97.5 Å². The third kappa shape index (κ3) is 4.55. The smallest absolute Gasteiger partial charge is 0.332 e. The van der Waals surface area contributed by atoms with Crippen LogP contribution in [0.15, 0.2) is 29.1 Å². The highest BCUT2D eigenvalue weighted by molar-refractivity contribution is 7.07. The molecule has 2 N–H and O–H groups in total. The highest BCUT2D eigenvalue weighted by Gasteiger charge is 2.02. The van der Waals surface area contributed by atoms with E-state index in [1.54, 1.807) is 31.4 Å². The van der Waals surface area contributed by atoms with Crippen molar-refractivity contribution < 1.29 is 19.1 Å². The summed E-state index contributed by atoms with van der Waals surface area (Å²) >= 11 is 0.987. The quantitative estimate of drug-likeness (QED) is 0.756. The molecule has 2 rings (SSSR count). The summed E-state index contributed by atoms with van der Waals surface area (Å²) in [4.78, 5) is 37.2. The van der Waals surface area contributed by atoms with Crippen LogP contribution in [-0.2, 0) is 14.3 Å². The van der Waals surface area contributed by atoms with Crippen LogP contribution in [0.25, 0.3) is 12.2 Å². The number of aromatic nitrogens is 1. The van der Waals surface area contributed by atoms with Gasteiger partial charge in [-0.3, -0.25) is 9.59 Å². The van der Waals surface area contributed by atoms with Crippen molar-refractivity contribution in [2.75, 3.05) is 19.5 Å². The van der Waals surface area contributed by atoms with E-state index in [1.165, 1.54) is 13.2 Å². The summed E-state index contributed by atoms with van der Waals surface area (Å²) in [6.07, 6.45) is 2.31. The van der Waals surface area contributed by atoms with Crippen LogP contribution in [0.3, 0.4) is 0 Å². The lowest BCUT2D eigenvalue weighted by Crippen LogP contribution is -2.21. The predicted octanol–water partition coefficient (Wildman–Crippen LogP) is -0.182. The summed E-state index contributed by atoms with van der Waals surface area (Å²) in [5.41, 5.74) is 0.135. The van der Waals surface area contributed by atoms with Gasteiger partial charge in [0, 0.05) is 17.8 Å². The Balaban J connectivity index is 2.19. The van der Waals surface area contributed by atoms with E-state index in [1.807, 2.05) is 0 Å². The number of amides is 1. The summed E-state index contributed by atoms with van der Waals surface area (Å²) in [5, 5.41) is 2.66. The third-order valence-electron chi connectivity index (χ3n) is 2.75. The molecule has 0 aliphatic carbocycles. The van der Waals surface area contributed by atoms with Crippen LogP contribution in [0.2, 0.25) is 0 Å². The minimum atomic E-state index is -0.633. The summed E-state index contributed by atoms with van der Waals surface area (Å²) in [5.74, 6) is -0.360. The Hall–Kier alpha value is -2.87. The standard InChI is InChI=1S/C15H14N2O5S/c1-21-10-5-3-9(4-6-10)16-12(18)8-13-17-15(20)11(23-13)7-14(19)22-2/h3-8H,1-2H3,(H,16,18)(H,17,20)/b11-7-,13-8+. The van der Waals surface area contributed by atoms with Crippen molar-refractivity contribution in [2.45, 2.75) is 0 Å². The second-order valence-electron chi connectivity index (χ2n) is 4.31. The number of H-pyrrole nitrogens is 1. The molecule has 0 aliphatic heterocycles. The molecule has 0 aliphatic rings. The Kier molecular flexibility index (Phi) is 5.32. The van der Waals surface area contributed by atoms with E-state index in [0.717, 1.165) is 17.4 Å². The molecule has 1 heterocycles. The molecular formula is C15H14N2O5S. The molecule has 7 nitrogen and oxygen atoms in total. The van der Waals surface area contributed by atoms with Gasteiger partial charge < -0.3 is 19.8 Å². The average Bonchev–Trinajstić information content (AvgIpc) is 2.87. The summed E-state index contributed by atoms with van der Waals surface area (Å²) in [7, 11) is 2.77. The highest BCUT2D eigenvalue weighted by atomic mass is 32.1. The van der Waals surface area contributed by atoms with Crippen LogP contribution in [0.5, 0.6) is 5.75 Å². The first-order valence-corrected chi connectivity index (χ1v) is 7.29. The van der Waals surface area contributed by atoms with E-state index < -0.39 is 17.4 Å². The average molecular weight is 334 g/mol. The lowest BCUT2D eigenvalue weighted by molar-refractivity contribution is -0.133. The van der Waals surface area contributed by atoms with Gasteiger partial charge in [0.1, 0.15) is 14.9 Å². The molecule has 0 bridgehead atoms. The van der Waals surface area contributed by atoms with Gasteiger partial charge in [-0.15, -0.1) is 11.3 Å². The molecule has 0 fully saturated rings. The van der Waals surface area contributed by atoms with Crippen LogP contribution in [0.4, 0.5) is 5.69 Å². The van der Waals surface area contributed by atoms with Crippen LogP contribution >= 0.6 is 11.3 Å². The Morgan fingerprint density at radius 2 is 1.87 bits per heavy atom. The maximum absolute atomic E-state index is 11.9. The van der Waals surface area contributed by atoms with E-state index in [0.29, 0.717) is 16.1 Å². The zero-order valence-electron chi connectivity index (χ0n) is 12.4. The molecule has 0 unspecified atom stereocenters. The lowest BCUT2D eigenvalue weighted by Gasteiger charge is -2.03. The first kappa shape index (κ1) is 16.5. The molecule has 0 saturated heterocycles. The second-order valence-corrected chi connectivity index (χ2v) is 5.40.